The fraction of sp³-hybridized carbons (Fsp3) is 0.211. The second kappa shape index (κ2) is 7.43. The molecule has 0 aliphatic rings. The summed E-state index contributed by atoms with van der Waals surface area (Å²) in [4.78, 5) is -0.242. The number of anilines is 1. The molecule has 0 atom stereocenters. The number of nitrogens with one attached hydrogen (secondary N) is 1. The Kier molecular flexibility index (Phi) is 5.31. The maximum absolute atomic E-state index is 12.9. The summed E-state index contributed by atoms with van der Waals surface area (Å²) in [5.41, 5.74) is 2.07. The Labute approximate surface area is 165 Å². The number of ether oxygens (including phenoxy) is 1. The Morgan fingerprint density at radius 3 is 2.24 bits per heavy atom. The van der Waals surface area contributed by atoms with E-state index in [1.54, 1.807) is 12.1 Å². The molecule has 0 bridgehead atoms. The molecule has 3 aromatic rings. The van der Waals surface area contributed by atoms with E-state index in [9.17, 15) is 21.6 Å². The second-order valence-electron chi connectivity index (χ2n) is 6.42. The molecule has 1 aromatic heterocycles. The molecular weight excluding hydrogens is 409 g/mol. The van der Waals surface area contributed by atoms with Gasteiger partial charge in [0.1, 0.15) is 16.3 Å². The van der Waals surface area contributed by atoms with E-state index in [0.29, 0.717) is 11.8 Å². The molecule has 10 heteroatoms. The molecule has 0 fully saturated rings. The number of benzene rings is 2. The van der Waals surface area contributed by atoms with Crippen LogP contribution in [0.3, 0.4) is 0 Å². The molecule has 0 aliphatic carbocycles. The van der Waals surface area contributed by atoms with E-state index in [2.05, 4.69) is 14.4 Å². The zero-order valence-corrected chi connectivity index (χ0v) is 16.5. The third kappa shape index (κ3) is 4.53. The minimum atomic E-state index is -4.70. The zero-order valence-electron chi connectivity index (χ0n) is 15.7. The first-order valence-corrected chi connectivity index (χ1v) is 9.81. The molecule has 29 heavy (non-hydrogen) atoms. The molecular formula is C19H17F3N2O4S. The topological polar surface area (TPSA) is 81.4 Å². The average molecular weight is 426 g/mol. The van der Waals surface area contributed by atoms with Crippen LogP contribution in [0.1, 0.15) is 16.9 Å². The molecule has 1 N–H and O–H groups in total. The first-order valence-electron chi connectivity index (χ1n) is 8.33. The number of halogens is 3. The van der Waals surface area contributed by atoms with Crippen LogP contribution in [0.25, 0.3) is 11.3 Å². The average Bonchev–Trinajstić information content (AvgIpc) is 3.10. The summed E-state index contributed by atoms with van der Waals surface area (Å²) in [6.45, 7) is 3.66. The van der Waals surface area contributed by atoms with E-state index in [1.807, 2.05) is 19.9 Å². The van der Waals surface area contributed by atoms with Gasteiger partial charge in [-0.15, -0.1) is 0 Å². The van der Waals surface area contributed by atoms with Crippen LogP contribution in [0.15, 0.2) is 51.9 Å². The fourth-order valence-corrected chi connectivity index (χ4v) is 4.07. The minimum absolute atomic E-state index is 0.0326. The number of aromatic nitrogens is 1. The predicted octanol–water partition coefficient (Wildman–Crippen LogP) is 4.79. The van der Waals surface area contributed by atoms with Crippen molar-refractivity contribution in [1.29, 1.82) is 0 Å². The van der Waals surface area contributed by atoms with Gasteiger partial charge in [0.05, 0.1) is 7.11 Å². The summed E-state index contributed by atoms with van der Waals surface area (Å²) in [5, 5.41) is 3.39. The van der Waals surface area contributed by atoms with E-state index in [0.717, 1.165) is 11.1 Å². The van der Waals surface area contributed by atoms with Crippen LogP contribution in [-0.4, -0.2) is 20.7 Å². The fourth-order valence-electron chi connectivity index (χ4n) is 2.83. The van der Waals surface area contributed by atoms with Crippen LogP contribution in [-0.2, 0) is 16.2 Å². The Morgan fingerprint density at radius 2 is 1.69 bits per heavy atom. The van der Waals surface area contributed by atoms with Gasteiger partial charge in [-0.3, -0.25) is 4.72 Å². The zero-order chi connectivity index (χ0) is 21.4. The standard InChI is InChI=1S/C19H17F3N2O4S/c1-11-6-12(2)8-14(7-11)24-29(25,26)17-9-13(4-5-16(17)27-3)15-10-18(28-23-15)19(20,21)22/h4-10,24H,1-3H3. The Morgan fingerprint density at radius 1 is 1.03 bits per heavy atom. The lowest BCUT2D eigenvalue weighted by Gasteiger charge is -2.13. The summed E-state index contributed by atoms with van der Waals surface area (Å²) in [6, 6.07) is 9.83. The van der Waals surface area contributed by atoms with Crippen molar-refractivity contribution >= 4 is 15.7 Å². The number of sulfonamides is 1. The Balaban J connectivity index is 2.03. The Bertz CT molecular complexity index is 1130. The molecule has 0 unspecified atom stereocenters. The number of aryl methyl sites for hydroxylation is 2. The lowest BCUT2D eigenvalue weighted by Crippen LogP contribution is -2.14. The third-order valence-electron chi connectivity index (χ3n) is 4.01. The van der Waals surface area contributed by atoms with Gasteiger partial charge in [-0.05, 0) is 55.3 Å². The van der Waals surface area contributed by atoms with Gasteiger partial charge in [0.25, 0.3) is 10.0 Å². The van der Waals surface area contributed by atoms with E-state index < -0.39 is 22.0 Å². The lowest BCUT2D eigenvalue weighted by molar-refractivity contribution is -0.155. The lowest BCUT2D eigenvalue weighted by atomic mass is 10.1. The highest BCUT2D eigenvalue weighted by molar-refractivity contribution is 7.92. The van der Waals surface area contributed by atoms with E-state index >= 15 is 0 Å². The summed E-state index contributed by atoms with van der Waals surface area (Å²) in [6.07, 6.45) is -4.70. The highest BCUT2D eigenvalue weighted by Crippen LogP contribution is 2.35. The van der Waals surface area contributed by atoms with Gasteiger partial charge in [0.2, 0.25) is 5.76 Å². The van der Waals surface area contributed by atoms with Gasteiger partial charge in [0.15, 0.2) is 0 Å². The number of hydrogen-bond acceptors (Lipinski definition) is 5. The molecule has 0 saturated carbocycles. The van der Waals surface area contributed by atoms with Crippen molar-refractivity contribution in [3.8, 4) is 17.0 Å². The summed E-state index contributed by atoms with van der Waals surface area (Å²) in [5.74, 6) is -1.24. The van der Waals surface area contributed by atoms with Crippen LogP contribution in [0, 0.1) is 13.8 Å². The molecule has 1 heterocycles. The van der Waals surface area contributed by atoms with E-state index in [1.165, 1.54) is 25.3 Å². The number of hydrogen-bond donors (Lipinski definition) is 1. The maximum Gasteiger partial charge on any atom is 0.452 e. The van der Waals surface area contributed by atoms with Crippen molar-refractivity contribution in [3.63, 3.8) is 0 Å². The SMILES string of the molecule is COc1ccc(-c2cc(C(F)(F)F)on2)cc1S(=O)(=O)Nc1cc(C)cc(C)c1. The second-order valence-corrected chi connectivity index (χ2v) is 8.07. The van der Waals surface area contributed by atoms with Crippen LogP contribution < -0.4 is 9.46 Å². The van der Waals surface area contributed by atoms with Crippen LogP contribution in [0.4, 0.5) is 18.9 Å². The van der Waals surface area contributed by atoms with Crippen molar-refractivity contribution in [2.24, 2.45) is 0 Å². The van der Waals surface area contributed by atoms with Gasteiger partial charge in [0, 0.05) is 17.3 Å². The molecule has 154 valence electrons. The minimum Gasteiger partial charge on any atom is -0.495 e. The van der Waals surface area contributed by atoms with E-state index in [-0.39, 0.29) is 21.9 Å². The normalized spacial score (nSPS) is 12.1. The highest BCUT2D eigenvalue weighted by Gasteiger charge is 2.36. The first kappa shape index (κ1) is 20.7. The van der Waals surface area contributed by atoms with Crippen LogP contribution in [0.5, 0.6) is 5.75 Å². The number of alkyl halides is 3. The maximum atomic E-state index is 12.9. The van der Waals surface area contributed by atoms with Crippen LogP contribution in [0.2, 0.25) is 0 Å². The molecule has 0 saturated heterocycles. The molecule has 0 radical (unpaired) electrons. The van der Waals surface area contributed by atoms with Gasteiger partial charge < -0.3 is 9.26 Å². The largest absolute Gasteiger partial charge is 0.495 e. The Hall–Kier alpha value is -3.01. The van der Waals surface area contributed by atoms with Crippen LogP contribution >= 0.6 is 0 Å². The monoisotopic (exact) mass is 426 g/mol. The van der Waals surface area contributed by atoms with Crippen molar-refractivity contribution < 1.29 is 30.8 Å². The van der Waals surface area contributed by atoms with Gasteiger partial charge in [-0.2, -0.15) is 13.2 Å². The smallest absolute Gasteiger partial charge is 0.452 e. The third-order valence-corrected chi connectivity index (χ3v) is 5.41. The van der Waals surface area contributed by atoms with E-state index in [4.69, 9.17) is 4.74 Å². The number of methoxy groups -OCH3 is 1. The van der Waals surface area contributed by atoms with Crippen molar-refractivity contribution in [2.75, 3.05) is 11.8 Å². The van der Waals surface area contributed by atoms with Crippen molar-refractivity contribution in [1.82, 2.24) is 5.16 Å². The highest BCUT2D eigenvalue weighted by atomic mass is 32.2. The molecule has 2 aromatic carbocycles. The number of nitrogens with zero attached hydrogens (tertiary/aromatic N) is 1. The quantitative estimate of drug-likeness (QED) is 0.635. The summed E-state index contributed by atoms with van der Waals surface area (Å²) in [7, 11) is -2.80. The summed E-state index contributed by atoms with van der Waals surface area (Å²) >= 11 is 0. The van der Waals surface area contributed by atoms with Gasteiger partial charge in [-0.25, -0.2) is 8.42 Å². The molecule has 3 rings (SSSR count). The van der Waals surface area contributed by atoms with Crippen molar-refractivity contribution in [3.05, 3.63) is 59.4 Å². The van der Waals surface area contributed by atoms with Crippen molar-refractivity contribution in [2.45, 2.75) is 24.9 Å². The summed E-state index contributed by atoms with van der Waals surface area (Å²) < 4.78 is 76.0. The molecule has 0 amide bonds. The number of rotatable bonds is 5. The van der Waals surface area contributed by atoms with Gasteiger partial charge in [-0.1, -0.05) is 11.2 Å². The molecule has 0 aliphatic heterocycles. The predicted molar refractivity (Wildman–Crippen MR) is 100 cm³/mol. The van der Waals surface area contributed by atoms with Gasteiger partial charge >= 0.3 is 6.18 Å². The first-order chi connectivity index (χ1) is 13.5. The molecule has 6 nitrogen and oxygen atoms in total. The molecule has 0 spiro atoms.